The number of hydrogen-bond acceptors (Lipinski definition) is 2. The minimum absolute atomic E-state index is 0.208. The number of nitrogens with zero attached hydrogens (tertiary/aromatic N) is 1. The largest absolute Gasteiger partial charge is 0.481 e. The first-order valence-electron chi connectivity index (χ1n) is 7.33. The number of carboxylic acid groups (broad SMARTS) is 1. The smallest absolute Gasteiger partial charge is 0.303 e. The van der Waals surface area contributed by atoms with Crippen LogP contribution in [0.25, 0.3) is 0 Å². The van der Waals surface area contributed by atoms with Gasteiger partial charge in [0.25, 0.3) is 0 Å². The third kappa shape index (κ3) is 4.87. The summed E-state index contributed by atoms with van der Waals surface area (Å²) >= 11 is 12.2. The van der Waals surface area contributed by atoms with Gasteiger partial charge in [0.15, 0.2) is 0 Å². The zero-order valence-electron chi connectivity index (χ0n) is 12.2. The van der Waals surface area contributed by atoms with Crippen molar-refractivity contribution in [1.82, 2.24) is 4.90 Å². The maximum Gasteiger partial charge on any atom is 0.303 e. The van der Waals surface area contributed by atoms with Gasteiger partial charge in [-0.15, -0.1) is 0 Å². The number of rotatable bonds is 5. The van der Waals surface area contributed by atoms with Crippen LogP contribution in [0.2, 0.25) is 10.0 Å². The summed E-state index contributed by atoms with van der Waals surface area (Å²) in [4.78, 5) is 13.2. The first kappa shape index (κ1) is 16.6. The van der Waals surface area contributed by atoms with E-state index in [-0.39, 0.29) is 12.3 Å². The molecule has 0 aliphatic carbocycles. The van der Waals surface area contributed by atoms with Gasteiger partial charge in [-0.25, -0.2) is 0 Å². The lowest BCUT2D eigenvalue weighted by molar-refractivity contribution is -0.138. The number of carboxylic acids is 1. The van der Waals surface area contributed by atoms with Crippen LogP contribution in [0.5, 0.6) is 0 Å². The van der Waals surface area contributed by atoms with Crippen LogP contribution in [0.3, 0.4) is 0 Å². The Kier molecular flexibility index (Phi) is 5.91. The number of benzene rings is 1. The number of hydrogen-bond donors (Lipinski definition) is 1. The summed E-state index contributed by atoms with van der Waals surface area (Å²) in [6.45, 7) is 4.76. The molecule has 2 rings (SSSR count). The van der Waals surface area contributed by atoms with E-state index in [9.17, 15) is 4.79 Å². The molecule has 0 saturated carbocycles. The molecule has 0 radical (unpaired) electrons. The van der Waals surface area contributed by atoms with Gasteiger partial charge >= 0.3 is 5.97 Å². The van der Waals surface area contributed by atoms with E-state index in [0.717, 1.165) is 43.1 Å². The molecule has 1 aliphatic heterocycles. The van der Waals surface area contributed by atoms with Crippen LogP contribution in [-0.4, -0.2) is 29.1 Å². The predicted molar refractivity (Wildman–Crippen MR) is 85.9 cm³/mol. The Morgan fingerprint density at radius 2 is 2.24 bits per heavy atom. The fraction of sp³-hybridized carbons (Fsp3) is 0.562. The van der Waals surface area contributed by atoms with Crippen molar-refractivity contribution in [1.29, 1.82) is 0 Å². The molecular formula is C16H21Cl2NO2. The molecule has 1 aromatic rings. The van der Waals surface area contributed by atoms with Gasteiger partial charge in [0.1, 0.15) is 0 Å². The van der Waals surface area contributed by atoms with E-state index in [4.69, 9.17) is 28.3 Å². The van der Waals surface area contributed by atoms with Crippen molar-refractivity contribution < 1.29 is 9.90 Å². The SMILES string of the molecule is CC(CC(=O)O)C1CCCN(Cc2cc(Cl)ccc2Cl)C1. The number of aliphatic carboxylic acids is 1. The second-order valence-electron chi connectivity index (χ2n) is 5.95. The highest BCUT2D eigenvalue weighted by Crippen LogP contribution is 2.29. The monoisotopic (exact) mass is 329 g/mol. The molecule has 0 bridgehead atoms. The van der Waals surface area contributed by atoms with Crippen LogP contribution in [0.4, 0.5) is 0 Å². The van der Waals surface area contributed by atoms with Crippen LogP contribution >= 0.6 is 23.2 Å². The lowest BCUT2D eigenvalue weighted by atomic mass is 9.84. The zero-order valence-corrected chi connectivity index (χ0v) is 13.7. The van der Waals surface area contributed by atoms with Crippen LogP contribution in [0.1, 0.15) is 31.7 Å². The van der Waals surface area contributed by atoms with Gasteiger partial charge in [0.2, 0.25) is 0 Å². The van der Waals surface area contributed by atoms with Crippen molar-refractivity contribution >= 4 is 29.2 Å². The lowest BCUT2D eigenvalue weighted by Gasteiger charge is -2.35. The molecule has 2 unspecified atom stereocenters. The van der Waals surface area contributed by atoms with Gasteiger partial charge in [-0.3, -0.25) is 9.69 Å². The van der Waals surface area contributed by atoms with Crippen LogP contribution in [0.15, 0.2) is 18.2 Å². The Morgan fingerprint density at radius 3 is 2.95 bits per heavy atom. The lowest BCUT2D eigenvalue weighted by Crippen LogP contribution is -2.37. The van der Waals surface area contributed by atoms with E-state index >= 15 is 0 Å². The van der Waals surface area contributed by atoms with Crippen molar-refractivity contribution in [3.8, 4) is 0 Å². The maximum absolute atomic E-state index is 10.9. The van der Waals surface area contributed by atoms with Gasteiger partial charge in [0.05, 0.1) is 0 Å². The summed E-state index contributed by atoms with van der Waals surface area (Å²) in [5.74, 6) is -0.0644. The molecule has 0 aromatic heterocycles. The van der Waals surface area contributed by atoms with Crippen LogP contribution < -0.4 is 0 Å². The van der Waals surface area contributed by atoms with E-state index in [2.05, 4.69) is 4.90 Å². The Balaban J connectivity index is 1.98. The van der Waals surface area contributed by atoms with Crippen molar-refractivity contribution in [3.05, 3.63) is 33.8 Å². The van der Waals surface area contributed by atoms with E-state index in [1.807, 2.05) is 19.1 Å². The normalized spacial score (nSPS) is 21.2. The molecule has 1 N–H and O–H groups in total. The van der Waals surface area contributed by atoms with E-state index < -0.39 is 5.97 Å². The summed E-state index contributed by atoms with van der Waals surface area (Å²) in [7, 11) is 0. The topological polar surface area (TPSA) is 40.5 Å². The molecule has 1 fully saturated rings. The molecule has 3 nitrogen and oxygen atoms in total. The van der Waals surface area contributed by atoms with Crippen LogP contribution in [-0.2, 0) is 11.3 Å². The van der Waals surface area contributed by atoms with Crippen LogP contribution in [0, 0.1) is 11.8 Å². The highest BCUT2D eigenvalue weighted by atomic mass is 35.5. The van der Waals surface area contributed by atoms with Gasteiger partial charge in [-0.05, 0) is 55.0 Å². The molecule has 1 aliphatic rings. The van der Waals surface area contributed by atoms with E-state index in [1.54, 1.807) is 6.07 Å². The standard InChI is InChI=1S/C16H21Cl2NO2/c1-11(7-16(20)21)12-3-2-6-19(9-12)10-13-8-14(17)4-5-15(13)18/h4-5,8,11-12H,2-3,6-7,9-10H2,1H3,(H,20,21). The van der Waals surface area contributed by atoms with Gasteiger partial charge in [-0.1, -0.05) is 30.1 Å². The van der Waals surface area contributed by atoms with Gasteiger partial charge < -0.3 is 5.11 Å². The van der Waals surface area contributed by atoms with Crippen molar-refractivity contribution in [2.75, 3.05) is 13.1 Å². The Morgan fingerprint density at radius 1 is 1.48 bits per heavy atom. The van der Waals surface area contributed by atoms with Gasteiger partial charge in [0, 0.05) is 29.6 Å². The number of likely N-dealkylation sites (tertiary alicyclic amines) is 1. The van der Waals surface area contributed by atoms with E-state index in [0.29, 0.717) is 10.9 Å². The Labute approximate surface area is 135 Å². The van der Waals surface area contributed by atoms with Gasteiger partial charge in [-0.2, -0.15) is 0 Å². The molecule has 1 heterocycles. The van der Waals surface area contributed by atoms with Crippen molar-refractivity contribution in [2.24, 2.45) is 11.8 Å². The highest BCUT2D eigenvalue weighted by Gasteiger charge is 2.26. The third-order valence-electron chi connectivity index (χ3n) is 4.25. The molecule has 5 heteroatoms. The fourth-order valence-corrected chi connectivity index (χ4v) is 3.42. The molecule has 1 saturated heterocycles. The average molecular weight is 330 g/mol. The Hall–Kier alpha value is -0.770. The molecule has 116 valence electrons. The zero-order chi connectivity index (χ0) is 15.4. The second-order valence-corrected chi connectivity index (χ2v) is 6.79. The first-order chi connectivity index (χ1) is 9.95. The highest BCUT2D eigenvalue weighted by molar-refractivity contribution is 6.33. The average Bonchev–Trinajstić information content (AvgIpc) is 2.42. The number of piperidine rings is 1. The minimum Gasteiger partial charge on any atom is -0.481 e. The molecular weight excluding hydrogens is 309 g/mol. The Bertz CT molecular complexity index is 507. The summed E-state index contributed by atoms with van der Waals surface area (Å²) in [6, 6.07) is 5.53. The predicted octanol–water partition coefficient (Wildman–Crippen LogP) is 4.32. The first-order valence-corrected chi connectivity index (χ1v) is 8.09. The molecule has 1 aromatic carbocycles. The van der Waals surface area contributed by atoms with E-state index in [1.165, 1.54) is 0 Å². The molecule has 2 atom stereocenters. The summed E-state index contributed by atoms with van der Waals surface area (Å²) in [6.07, 6.45) is 2.46. The quantitative estimate of drug-likeness (QED) is 0.874. The number of halogens is 2. The summed E-state index contributed by atoms with van der Waals surface area (Å²) < 4.78 is 0. The van der Waals surface area contributed by atoms with Crippen molar-refractivity contribution in [2.45, 2.75) is 32.7 Å². The second kappa shape index (κ2) is 7.48. The van der Waals surface area contributed by atoms with Crippen molar-refractivity contribution in [3.63, 3.8) is 0 Å². The summed E-state index contributed by atoms with van der Waals surface area (Å²) in [5.41, 5.74) is 1.04. The fourth-order valence-electron chi connectivity index (χ4n) is 3.05. The summed E-state index contributed by atoms with van der Waals surface area (Å²) in [5, 5.41) is 10.4. The number of carbonyl (C=O) groups is 1. The molecule has 21 heavy (non-hydrogen) atoms. The maximum atomic E-state index is 10.9. The molecule has 0 spiro atoms. The molecule has 0 amide bonds. The minimum atomic E-state index is -0.711. The third-order valence-corrected chi connectivity index (χ3v) is 4.85.